The van der Waals surface area contributed by atoms with Crippen molar-refractivity contribution < 1.29 is 19.4 Å². The van der Waals surface area contributed by atoms with Crippen LogP contribution in [-0.2, 0) is 4.74 Å². The van der Waals surface area contributed by atoms with Gasteiger partial charge in [0.25, 0.3) is 0 Å². The Labute approximate surface area is 93.1 Å². The molecule has 3 N–H and O–H groups in total. The van der Waals surface area contributed by atoms with Crippen molar-refractivity contribution in [3.05, 3.63) is 12.3 Å². The normalized spacial score (nSPS) is 16.6. The van der Waals surface area contributed by atoms with Crippen LogP contribution in [0, 0.1) is 0 Å². The van der Waals surface area contributed by atoms with Crippen molar-refractivity contribution in [2.45, 2.75) is 0 Å². The van der Waals surface area contributed by atoms with Crippen molar-refractivity contribution in [2.24, 2.45) is 5.73 Å². The summed E-state index contributed by atoms with van der Waals surface area (Å²) in [6.45, 7) is 1.44. The molecule has 7 nitrogen and oxygen atoms in total. The molecule has 3 amide bonds. The molecule has 0 aromatic heterocycles. The zero-order valence-corrected chi connectivity index (χ0v) is 8.83. The standard InChI is InChI=1S/C9H15N3O4/c10-8(14)11-2-4-12(5-3-11)9(15)16-7-1-6-13/h1,7,13H,2-6H2,(H2,10,14)/b7-1+. The smallest absolute Gasteiger partial charge is 0.414 e. The molecule has 7 heteroatoms. The molecule has 0 unspecified atom stereocenters. The quantitative estimate of drug-likeness (QED) is 0.613. The van der Waals surface area contributed by atoms with Gasteiger partial charge >= 0.3 is 12.1 Å². The minimum absolute atomic E-state index is 0.178. The molecule has 0 aliphatic carbocycles. The number of piperazine rings is 1. The number of aliphatic hydroxyl groups excluding tert-OH is 1. The first kappa shape index (κ1) is 12.3. The van der Waals surface area contributed by atoms with Gasteiger partial charge in [-0.25, -0.2) is 9.59 Å². The highest BCUT2D eigenvalue weighted by Crippen LogP contribution is 2.03. The van der Waals surface area contributed by atoms with E-state index in [2.05, 4.69) is 0 Å². The number of nitrogens with zero attached hydrogens (tertiary/aromatic N) is 2. The van der Waals surface area contributed by atoms with E-state index in [0.29, 0.717) is 26.2 Å². The van der Waals surface area contributed by atoms with Gasteiger partial charge in [-0.15, -0.1) is 0 Å². The third kappa shape index (κ3) is 3.43. The number of aliphatic hydroxyl groups is 1. The Morgan fingerprint density at radius 2 is 1.81 bits per heavy atom. The third-order valence-electron chi connectivity index (χ3n) is 2.22. The number of hydrogen-bond acceptors (Lipinski definition) is 4. The van der Waals surface area contributed by atoms with Gasteiger partial charge in [0.2, 0.25) is 0 Å². The summed E-state index contributed by atoms with van der Waals surface area (Å²) in [6, 6.07) is -0.479. The Morgan fingerprint density at radius 1 is 1.25 bits per heavy atom. The largest absolute Gasteiger partial charge is 0.418 e. The zero-order chi connectivity index (χ0) is 12.0. The van der Waals surface area contributed by atoms with E-state index in [0.717, 1.165) is 6.26 Å². The van der Waals surface area contributed by atoms with Crippen molar-refractivity contribution in [1.82, 2.24) is 9.80 Å². The monoisotopic (exact) mass is 229 g/mol. The van der Waals surface area contributed by atoms with Crippen molar-refractivity contribution in [3.63, 3.8) is 0 Å². The van der Waals surface area contributed by atoms with Gasteiger partial charge < -0.3 is 25.4 Å². The van der Waals surface area contributed by atoms with Gasteiger partial charge in [0.05, 0.1) is 12.9 Å². The molecule has 0 bridgehead atoms. The van der Waals surface area contributed by atoms with Crippen LogP contribution >= 0.6 is 0 Å². The highest BCUT2D eigenvalue weighted by atomic mass is 16.5. The summed E-state index contributed by atoms with van der Waals surface area (Å²) in [7, 11) is 0. The maximum Gasteiger partial charge on any atom is 0.414 e. The summed E-state index contributed by atoms with van der Waals surface area (Å²) < 4.78 is 4.73. The van der Waals surface area contributed by atoms with Gasteiger partial charge in [0, 0.05) is 26.2 Å². The van der Waals surface area contributed by atoms with E-state index < -0.39 is 12.1 Å². The SMILES string of the molecule is NC(=O)N1CCN(C(=O)O/C=C/CO)CC1. The van der Waals surface area contributed by atoms with Gasteiger partial charge in [-0.05, 0) is 6.08 Å². The number of carbonyl (C=O) groups excluding carboxylic acids is 2. The third-order valence-corrected chi connectivity index (χ3v) is 2.22. The molecule has 1 fully saturated rings. The molecule has 0 aromatic rings. The zero-order valence-electron chi connectivity index (χ0n) is 8.83. The molecule has 16 heavy (non-hydrogen) atoms. The molecule has 0 aromatic carbocycles. The van der Waals surface area contributed by atoms with Crippen LogP contribution in [0.25, 0.3) is 0 Å². The minimum Gasteiger partial charge on any atom is -0.418 e. The predicted octanol–water partition coefficient (Wildman–Crippen LogP) is -0.675. The van der Waals surface area contributed by atoms with Gasteiger partial charge in [-0.1, -0.05) is 0 Å². The van der Waals surface area contributed by atoms with Gasteiger partial charge in [0.1, 0.15) is 0 Å². The number of ether oxygens (including phenoxy) is 1. The minimum atomic E-state index is -0.492. The molecule has 1 rings (SSSR count). The number of hydrogen-bond donors (Lipinski definition) is 2. The van der Waals surface area contributed by atoms with E-state index in [4.69, 9.17) is 15.6 Å². The molecule has 1 heterocycles. The van der Waals surface area contributed by atoms with Crippen LogP contribution in [-0.4, -0.2) is 59.8 Å². The fraction of sp³-hybridized carbons (Fsp3) is 0.556. The molecule has 0 radical (unpaired) electrons. The highest BCUT2D eigenvalue weighted by Gasteiger charge is 2.23. The van der Waals surface area contributed by atoms with Gasteiger partial charge in [-0.3, -0.25) is 0 Å². The number of carbonyl (C=O) groups is 2. The second-order valence-electron chi connectivity index (χ2n) is 3.25. The topological polar surface area (TPSA) is 96.1 Å². The first-order valence-corrected chi connectivity index (χ1v) is 4.91. The van der Waals surface area contributed by atoms with E-state index in [1.165, 1.54) is 15.9 Å². The Bertz CT molecular complexity index is 284. The summed E-state index contributed by atoms with van der Waals surface area (Å²) in [5.74, 6) is 0. The molecule has 0 atom stereocenters. The maximum atomic E-state index is 11.4. The number of rotatable bonds is 2. The molecule has 1 saturated heterocycles. The average molecular weight is 229 g/mol. The summed E-state index contributed by atoms with van der Waals surface area (Å²) >= 11 is 0. The van der Waals surface area contributed by atoms with Crippen molar-refractivity contribution in [1.29, 1.82) is 0 Å². The lowest BCUT2D eigenvalue weighted by Crippen LogP contribution is -2.52. The van der Waals surface area contributed by atoms with Crippen LogP contribution in [0.5, 0.6) is 0 Å². The van der Waals surface area contributed by atoms with Gasteiger partial charge in [0.15, 0.2) is 0 Å². The average Bonchev–Trinajstić information content (AvgIpc) is 2.29. The molecule has 0 saturated carbocycles. The van der Waals surface area contributed by atoms with Crippen molar-refractivity contribution >= 4 is 12.1 Å². The lowest BCUT2D eigenvalue weighted by Gasteiger charge is -2.32. The summed E-state index contributed by atoms with van der Waals surface area (Å²) in [4.78, 5) is 25.1. The van der Waals surface area contributed by atoms with Crippen molar-refractivity contribution in [3.8, 4) is 0 Å². The Kier molecular flexibility index (Phi) is 4.59. The van der Waals surface area contributed by atoms with Crippen LogP contribution in [0.2, 0.25) is 0 Å². The summed E-state index contributed by atoms with van der Waals surface area (Å²) in [5.41, 5.74) is 5.10. The lowest BCUT2D eigenvalue weighted by atomic mass is 10.3. The van der Waals surface area contributed by atoms with Crippen LogP contribution in [0.1, 0.15) is 0 Å². The van der Waals surface area contributed by atoms with E-state index >= 15 is 0 Å². The van der Waals surface area contributed by atoms with Crippen molar-refractivity contribution in [2.75, 3.05) is 32.8 Å². The molecule has 0 spiro atoms. The molecule has 1 aliphatic rings. The van der Waals surface area contributed by atoms with E-state index in [-0.39, 0.29) is 6.61 Å². The number of amides is 3. The number of nitrogens with two attached hydrogens (primary N) is 1. The fourth-order valence-electron chi connectivity index (χ4n) is 1.33. The fourth-order valence-corrected chi connectivity index (χ4v) is 1.33. The van der Waals surface area contributed by atoms with Crippen LogP contribution in [0.4, 0.5) is 9.59 Å². The number of primary amides is 1. The second kappa shape index (κ2) is 5.96. The van der Waals surface area contributed by atoms with Crippen LogP contribution in [0.3, 0.4) is 0 Å². The Morgan fingerprint density at radius 3 is 2.31 bits per heavy atom. The number of urea groups is 1. The van der Waals surface area contributed by atoms with E-state index in [9.17, 15) is 9.59 Å². The maximum absolute atomic E-state index is 11.4. The van der Waals surface area contributed by atoms with E-state index in [1.54, 1.807) is 0 Å². The van der Waals surface area contributed by atoms with Crippen LogP contribution in [0.15, 0.2) is 12.3 Å². The van der Waals surface area contributed by atoms with E-state index in [1.807, 2.05) is 0 Å². The Hall–Kier alpha value is -1.76. The molecule has 90 valence electrons. The lowest BCUT2D eigenvalue weighted by molar-refractivity contribution is 0.108. The van der Waals surface area contributed by atoms with Crippen LogP contribution < -0.4 is 5.73 Å². The summed E-state index contributed by atoms with van der Waals surface area (Å²) in [5, 5.41) is 8.44. The molecular weight excluding hydrogens is 214 g/mol. The Balaban J connectivity index is 2.33. The van der Waals surface area contributed by atoms with Gasteiger partial charge in [-0.2, -0.15) is 0 Å². The first-order chi connectivity index (χ1) is 7.65. The second-order valence-corrected chi connectivity index (χ2v) is 3.25. The predicted molar refractivity (Wildman–Crippen MR) is 55.4 cm³/mol. The molecular formula is C9H15N3O4. The molecule has 1 aliphatic heterocycles. The highest BCUT2D eigenvalue weighted by molar-refractivity contribution is 5.73. The summed E-state index contributed by atoms with van der Waals surface area (Å²) in [6.07, 6.45) is 1.97. The first-order valence-electron chi connectivity index (χ1n) is 4.91.